The summed E-state index contributed by atoms with van der Waals surface area (Å²) in [4.78, 5) is 52.7. The van der Waals surface area contributed by atoms with Crippen molar-refractivity contribution in [2.75, 3.05) is 367 Å². The second-order valence-corrected chi connectivity index (χ2v) is 36.5. The van der Waals surface area contributed by atoms with Crippen molar-refractivity contribution < 1.29 is 133 Å². The smallest absolute Gasteiger partial charge is 0.382 e. The van der Waals surface area contributed by atoms with Crippen LogP contribution in [0.4, 0.5) is 0 Å². The minimum absolute atomic E-state index is 0. The van der Waals surface area contributed by atoms with E-state index in [9.17, 15) is 0 Å². The van der Waals surface area contributed by atoms with E-state index in [4.69, 9.17) is 154 Å². The van der Waals surface area contributed by atoms with Gasteiger partial charge in [-0.15, -0.1) is 94.1 Å². The largest absolute Gasteiger partial charge is 2.00 e. The van der Waals surface area contributed by atoms with Gasteiger partial charge in [0.15, 0.2) is 0 Å². The molecule has 5 heterocycles. The summed E-state index contributed by atoms with van der Waals surface area (Å²) < 4.78 is 137. The van der Waals surface area contributed by atoms with Gasteiger partial charge in [-0.25, -0.2) is 9.97 Å². The molecule has 0 N–H and O–H groups in total. The number of benzene rings is 4. The molecule has 2 aliphatic rings. The predicted molar refractivity (Wildman–Crippen MR) is 508 cm³/mol. The zero-order chi connectivity index (χ0) is 89.7. The van der Waals surface area contributed by atoms with Gasteiger partial charge in [-0.1, -0.05) is 0 Å². The Kier molecular flexibility index (Phi) is 60.5. The summed E-state index contributed by atoms with van der Waals surface area (Å²) in [5.74, 6) is 6.62. The van der Waals surface area contributed by atoms with Crippen LogP contribution in [0, 0.1) is 0 Å². The van der Waals surface area contributed by atoms with E-state index in [2.05, 4.69) is 48.5 Å². The van der Waals surface area contributed by atoms with E-state index >= 15 is 0 Å². The number of ether oxygens (including phenoxy) is 24. The van der Waals surface area contributed by atoms with Crippen molar-refractivity contribution in [2.24, 2.45) is 0 Å². The first kappa shape index (κ1) is 111. The standard InChI is InChI=1S/C88H128N8O24S8.Zn/c1-97-9-17-105-25-33-113-41-49-121-73-57-65-66(58-74(73)122-50-42-114-34-26-106-18-10-98-2)82-89-81(65)93-83-67-59-75(123-51-43-115-35-27-107-19-11-99-3)76(124-52-44-116-36-28-108-20-12-100-4)60-68(67)85(90-83)95-87-71-63-79(127-55-47-119-39-31-111-23-15-103-7)80(128-56-48-120-40-32-112-24-16-104-8)64-72(71)88(92-87)96-86-70-62-78(126-54-46-118-38-30-110-22-14-102-6)77(61-69(70)84(91-86)94-82)125-53-45-117-37-29-109-21-13-101-5;/h57-64H,9-56H2,1-8H3;/q-2;+2. The maximum Gasteiger partial charge on any atom is 2.00 e. The van der Waals surface area contributed by atoms with Crippen LogP contribution in [0.25, 0.3) is 89.7 Å². The van der Waals surface area contributed by atoms with E-state index in [1.807, 2.05) is 0 Å². The predicted octanol–water partition coefficient (Wildman–Crippen LogP) is 12.3. The maximum absolute atomic E-state index is 6.17. The van der Waals surface area contributed by atoms with Crippen LogP contribution in [0.3, 0.4) is 0 Å². The Balaban J connectivity index is 0.0000206. The average molecular weight is 2000 g/mol. The maximum atomic E-state index is 6.17. The summed E-state index contributed by atoms with van der Waals surface area (Å²) in [6.07, 6.45) is 0. The summed E-state index contributed by atoms with van der Waals surface area (Å²) >= 11 is 13.5. The summed E-state index contributed by atoms with van der Waals surface area (Å²) in [6, 6.07) is 17.4. The molecule has 41 heteroatoms. The van der Waals surface area contributed by atoms with Gasteiger partial charge in [0.05, 0.1) is 288 Å². The van der Waals surface area contributed by atoms with Crippen LogP contribution in [0.15, 0.2) is 87.7 Å². The van der Waals surface area contributed by atoms with Crippen molar-refractivity contribution in [3.05, 3.63) is 48.5 Å². The van der Waals surface area contributed by atoms with E-state index in [0.717, 1.165) is 83.0 Å². The monoisotopic (exact) mass is 2000 g/mol. The van der Waals surface area contributed by atoms with E-state index in [1.165, 1.54) is 0 Å². The number of fused-ring (bicyclic) bond motifs is 20. The summed E-state index contributed by atoms with van der Waals surface area (Å²) in [5, 5.41) is 2.98. The Labute approximate surface area is 805 Å². The van der Waals surface area contributed by atoms with Gasteiger partial charge in [0.2, 0.25) is 0 Å². The van der Waals surface area contributed by atoms with Gasteiger partial charge in [-0.05, 0) is 70.1 Å². The molecule has 0 saturated carbocycles. The van der Waals surface area contributed by atoms with E-state index < -0.39 is 0 Å². The van der Waals surface area contributed by atoms with Crippen molar-refractivity contribution in [1.29, 1.82) is 0 Å². The molecule has 9 rings (SSSR count). The van der Waals surface area contributed by atoms with Crippen molar-refractivity contribution in [2.45, 2.75) is 39.2 Å². The summed E-state index contributed by atoms with van der Waals surface area (Å²) in [7, 11) is 13.3. The van der Waals surface area contributed by atoms with Crippen LogP contribution >= 0.6 is 94.1 Å². The Hall–Kier alpha value is -3.30. The minimum atomic E-state index is 0. The van der Waals surface area contributed by atoms with Crippen LogP contribution < -0.4 is 9.97 Å². The van der Waals surface area contributed by atoms with Crippen molar-refractivity contribution in [3.63, 3.8) is 0 Å². The third-order valence-electron chi connectivity index (χ3n) is 18.3. The number of nitrogens with zero attached hydrogens (tertiary/aromatic N) is 8. The van der Waals surface area contributed by atoms with Gasteiger partial charge in [-0.2, -0.15) is 0 Å². The third kappa shape index (κ3) is 41.5. The molecule has 0 atom stereocenters. The number of hydrogen-bond acceptors (Lipinski definition) is 38. The number of methoxy groups -OCH3 is 8. The molecule has 3 aromatic heterocycles. The molecule has 8 bridgehead atoms. The van der Waals surface area contributed by atoms with E-state index in [1.54, 1.807) is 151 Å². The molecule has 0 spiro atoms. The molecule has 32 nitrogen and oxygen atoms in total. The molecule has 129 heavy (non-hydrogen) atoms. The van der Waals surface area contributed by atoms with Crippen molar-refractivity contribution in [1.82, 2.24) is 39.9 Å². The Morgan fingerprint density at radius 3 is 0.457 bits per heavy atom. The second-order valence-electron chi connectivity index (χ2n) is 27.4. The van der Waals surface area contributed by atoms with Gasteiger partial charge in [0.25, 0.3) is 0 Å². The molecular weight excluding hydrogens is 1870 g/mol. The molecule has 0 aliphatic carbocycles. The summed E-state index contributed by atoms with van der Waals surface area (Å²) in [6.45, 7) is 18.6. The van der Waals surface area contributed by atoms with Crippen molar-refractivity contribution >= 4 is 138 Å². The van der Waals surface area contributed by atoms with Crippen LogP contribution in [-0.4, -0.2) is 397 Å². The van der Waals surface area contributed by atoms with Gasteiger partial charge in [-0.3, -0.25) is 0 Å². The van der Waals surface area contributed by atoms with E-state index in [-0.39, 0.29) is 19.5 Å². The number of hydrogen-bond donors (Lipinski definition) is 0. The van der Waals surface area contributed by atoms with Gasteiger partial charge in [0, 0.05) is 187 Å². The van der Waals surface area contributed by atoms with Gasteiger partial charge in [0.1, 0.15) is 0 Å². The number of thioether (sulfide) groups is 8. The topological polar surface area (TPSA) is 327 Å². The number of rotatable bonds is 80. The fourth-order valence-electron chi connectivity index (χ4n) is 12.0. The van der Waals surface area contributed by atoms with Crippen LogP contribution in [0.1, 0.15) is 0 Å². The Bertz CT molecular complexity index is 3870. The normalized spacial score (nSPS) is 12.0. The molecule has 7 aromatic rings. The van der Waals surface area contributed by atoms with Gasteiger partial charge < -0.3 is 144 Å². The molecule has 4 aromatic carbocycles. The fourth-order valence-corrected chi connectivity index (χ4v) is 20.0. The van der Waals surface area contributed by atoms with Crippen LogP contribution in [0.2, 0.25) is 0 Å². The SMILES string of the molecule is COCCOCCOCCSc1cc2c(cc1SCCOCCOCCOC)-c1nc-2nc2[n-]c(nc3nc(nc4[n-]c(n1)c1cc(SCCOCCOCCOC)c(SCCOCCOCCOC)cc41)-c1cc(SCCOCCOCCOC)c(SCCOCCOCCOC)cc1-3)c1cc(SCCOCCOCCOC)c(SCCOCCOCCOC)cc21.[Zn+2]. The minimum Gasteiger partial charge on any atom is -0.382 e. The molecule has 2 aliphatic heterocycles. The first-order chi connectivity index (χ1) is 63.3. The molecule has 0 unspecified atom stereocenters. The van der Waals surface area contributed by atoms with E-state index in [0.29, 0.717) is 356 Å². The zero-order valence-corrected chi connectivity index (χ0v) is 85.4. The average Bonchev–Trinajstić information content (AvgIpc) is 1.59. The first-order valence-corrected chi connectivity index (χ1v) is 50.8. The third-order valence-corrected chi connectivity index (χ3v) is 26.9. The van der Waals surface area contributed by atoms with Crippen LogP contribution in [-0.2, 0) is 133 Å². The number of aromatic nitrogens is 8. The summed E-state index contributed by atoms with van der Waals surface area (Å²) in [5.41, 5.74) is 4.56. The van der Waals surface area contributed by atoms with Gasteiger partial charge >= 0.3 is 19.5 Å². The molecule has 0 radical (unpaired) electrons. The first-order valence-electron chi connectivity index (χ1n) is 43.0. The quantitative estimate of drug-likeness (QED) is 0.0194. The Morgan fingerprint density at radius 2 is 0.310 bits per heavy atom. The Morgan fingerprint density at radius 1 is 0.178 bits per heavy atom. The second kappa shape index (κ2) is 70.3. The molecule has 0 fully saturated rings. The molecule has 714 valence electrons. The molecule has 0 amide bonds. The van der Waals surface area contributed by atoms with Crippen LogP contribution in [0.5, 0.6) is 0 Å². The molecule has 0 saturated heterocycles. The zero-order valence-electron chi connectivity index (χ0n) is 75.9. The van der Waals surface area contributed by atoms with Crippen molar-refractivity contribution in [3.8, 4) is 45.6 Å². The molecular formula is C88H128N8O24S8Zn. The fraction of sp³-hybridized carbons (Fsp3) is 0.636.